The van der Waals surface area contributed by atoms with E-state index in [1.165, 1.54) is 12.4 Å². The molecule has 1 aromatic heterocycles. The highest BCUT2D eigenvalue weighted by Gasteiger charge is 2.23. The smallest absolute Gasteiger partial charge is 0.328 e. The minimum absolute atomic E-state index is 0.132. The Morgan fingerprint density at radius 2 is 2.00 bits per heavy atom. The van der Waals surface area contributed by atoms with Crippen LogP contribution in [0.5, 0.6) is 11.5 Å². The molecule has 0 radical (unpaired) electrons. The van der Waals surface area contributed by atoms with Gasteiger partial charge in [-0.25, -0.2) is 19.2 Å². The Bertz CT molecular complexity index is 1860. The molecule has 0 atom stereocenters. The van der Waals surface area contributed by atoms with Crippen LogP contribution in [-0.2, 0) is 4.79 Å². The monoisotopic (exact) mass is 670 g/mol. The van der Waals surface area contributed by atoms with Gasteiger partial charge < -0.3 is 35.0 Å². The highest BCUT2D eigenvalue weighted by molar-refractivity contribution is 5.98. The summed E-state index contributed by atoms with van der Waals surface area (Å²) in [4.78, 5) is 22.7. The molecule has 0 amide bonds. The lowest BCUT2D eigenvalue weighted by Crippen LogP contribution is -2.33. The Morgan fingerprint density at radius 3 is 2.63 bits per heavy atom. The second-order valence-electron chi connectivity index (χ2n) is 11.7. The van der Waals surface area contributed by atoms with E-state index in [0.717, 1.165) is 59.3 Å². The SMILES string of the molecule is C/C=C(/C)N1C=CC(Oc2ccc(Nc3ncnc4ccc([N+]5=CCNCC5)c(OC)c34)cc2F)=CC1=C(C)C.CN(C)C/C=C/C(=O)O. The first-order chi connectivity index (χ1) is 23.5. The number of ether oxygens (including phenoxy) is 2. The van der Waals surface area contributed by atoms with Gasteiger partial charge in [-0.3, -0.25) is 0 Å². The van der Waals surface area contributed by atoms with Gasteiger partial charge in [-0.2, -0.15) is 4.58 Å². The molecule has 0 saturated carbocycles. The predicted octanol–water partition coefficient (Wildman–Crippen LogP) is 6.34. The number of aromatic nitrogens is 2. The zero-order chi connectivity index (χ0) is 35.5. The molecule has 0 unspecified atom stereocenters. The number of rotatable bonds is 10. The van der Waals surface area contributed by atoms with E-state index in [0.29, 0.717) is 29.6 Å². The number of likely N-dealkylation sites (N-methyl/N-ethyl adjacent to an activating group) is 1. The molecule has 2 aromatic carbocycles. The van der Waals surface area contributed by atoms with Crippen molar-refractivity contribution in [2.75, 3.05) is 52.7 Å². The number of hydrogen-bond donors (Lipinski definition) is 3. The highest BCUT2D eigenvalue weighted by atomic mass is 19.1. The summed E-state index contributed by atoms with van der Waals surface area (Å²) in [5.74, 6) is 0.487. The number of carboxylic acid groups (broad SMARTS) is 1. The molecule has 5 rings (SSSR count). The van der Waals surface area contributed by atoms with Crippen molar-refractivity contribution < 1.29 is 28.3 Å². The van der Waals surface area contributed by atoms with E-state index in [9.17, 15) is 4.79 Å². The first kappa shape index (κ1) is 36.5. The number of fused-ring (bicyclic) bond motifs is 1. The second kappa shape index (κ2) is 17.2. The van der Waals surface area contributed by atoms with Crippen LogP contribution >= 0.6 is 0 Å². The number of anilines is 2. The summed E-state index contributed by atoms with van der Waals surface area (Å²) in [6.45, 7) is 11.3. The van der Waals surface area contributed by atoms with E-state index in [-0.39, 0.29) is 5.75 Å². The molecule has 3 heterocycles. The van der Waals surface area contributed by atoms with Crippen molar-refractivity contribution in [1.82, 2.24) is 25.1 Å². The normalized spacial score (nSPS) is 14.8. The van der Waals surface area contributed by atoms with Crippen molar-refractivity contribution >= 4 is 40.3 Å². The zero-order valence-corrected chi connectivity index (χ0v) is 29.1. The fraction of sp³-hybridized carbons (Fsp3) is 0.297. The van der Waals surface area contributed by atoms with Crippen LogP contribution in [0.1, 0.15) is 27.7 Å². The average Bonchev–Trinajstić information content (AvgIpc) is 3.09. The lowest BCUT2D eigenvalue weighted by Gasteiger charge is -2.27. The molecule has 258 valence electrons. The molecule has 49 heavy (non-hydrogen) atoms. The fourth-order valence-electron chi connectivity index (χ4n) is 5.09. The van der Waals surface area contributed by atoms with Gasteiger partial charge in [0.25, 0.3) is 0 Å². The third-order valence-corrected chi connectivity index (χ3v) is 7.62. The van der Waals surface area contributed by atoms with Gasteiger partial charge in [-0.15, -0.1) is 0 Å². The Labute approximate surface area is 287 Å². The van der Waals surface area contributed by atoms with Crippen LogP contribution in [0.4, 0.5) is 21.6 Å². The van der Waals surface area contributed by atoms with Crippen LogP contribution in [0, 0.1) is 5.82 Å². The first-order valence-corrected chi connectivity index (χ1v) is 15.9. The van der Waals surface area contributed by atoms with Crippen molar-refractivity contribution in [1.29, 1.82) is 0 Å². The second-order valence-corrected chi connectivity index (χ2v) is 11.7. The van der Waals surface area contributed by atoms with Gasteiger partial charge in [0, 0.05) is 54.1 Å². The van der Waals surface area contributed by atoms with Crippen LogP contribution in [0.25, 0.3) is 10.9 Å². The number of methoxy groups -OCH3 is 1. The minimum Gasteiger partial charge on any atom is -0.490 e. The van der Waals surface area contributed by atoms with Gasteiger partial charge >= 0.3 is 5.97 Å². The number of carbonyl (C=O) groups is 1. The number of carboxylic acids is 1. The number of allylic oxidation sites excluding steroid dienone is 5. The number of hydrogen-bond acceptors (Lipinski definition) is 9. The minimum atomic E-state index is -0.892. The lowest BCUT2D eigenvalue weighted by molar-refractivity contribution is -0.438. The van der Waals surface area contributed by atoms with E-state index < -0.39 is 11.8 Å². The Morgan fingerprint density at radius 1 is 1.20 bits per heavy atom. The van der Waals surface area contributed by atoms with E-state index >= 15 is 4.39 Å². The van der Waals surface area contributed by atoms with Crippen LogP contribution in [-0.4, -0.2) is 89.0 Å². The van der Waals surface area contributed by atoms with Crippen molar-refractivity contribution in [3.63, 3.8) is 0 Å². The van der Waals surface area contributed by atoms with Gasteiger partial charge in [0.15, 0.2) is 24.3 Å². The van der Waals surface area contributed by atoms with Crippen molar-refractivity contribution in [3.05, 3.63) is 102 Å². The van der Waals surface area contributed by atoms with Crippen LogP contribution in [0.3, 0.4) is 0 Å². The summed E-state index contributed by atoms with van der Waals surface area (Å²) in [6.07, 6.45) is 14.0. The summed E-state index contributed by atoms with van der Waals surface area (Å²) in [6, 6.07) is 8.71. The van der Waals surface area contributed by atoms with E-state index in [1.54, 1.807) is 25.3 Å². The maximum absolute atomic E-state index is 15.3. The van der Waals surface area contributed by atoms with E-state index in [1.807, 2.05) is 83.3 Å². The molecule has 3 N–H and O–H groups in total. The van der Waals surface area contributed by atoms with Gasteiger partial charge in [0.1, 0.15) is 17.9 Å². The molecule has 0 spiro atoms. The number of nitrogens with one attached hydrogen (secondary N) is 2. The molecule has 12 heteroatoms. The molecule has 2 aliphatic heterocycles. The third-order valence-electron chi connectivity index (χ3n) is 7.62. The molecule has 0 aliphatic carbocycles. The number of halogens is 1. The predicted molar refractivity (Wildman–Crippen MR) is 192 cm³/mol. The summed E-state index contributed by atoms with van der Waals surface area (Å²) in [5, 5.41) is 15.4. The lowest BCUT2D eigenvalue weighted by atomic mass is 10.1. The van der Waals surface area contributed by atoms with E-state index in [4.69, 9.17) is 14.6 Å². The molecule has 0 bridgehead atoms. The fourth-order valence-corrected chi connectivity index (χ4v) is 5.09. The van der Waals surface area contributed by atoms with Crippen molar-refractivity contribution in [2.24, 2.45) is 0 Å². The van der Waals surface area contributed by atoms with Crippen molar-refractivity contribution in [2.45, 2.75) is 27.7 Å². The number of benzene rings is 2. The van der Waals surface area contributed by atoms with Gasteiger partial charge in [0.05, 0.1) is 31.1 Å². The molecular weight excluding hydrogens is 625 g/mol. The number of nitrogens with zero attached hydrogens (tertiary/aromatic N) is 5. The number of aliphatic carboxylic acids is 1. The van der Waals surface area contributed by atoms with Gasteiger partial charge in [0.2, 0.25) is 11.4 Å². The molecule has 0 fully saturated rings. The molecule has 2 aliphatic rings. The van der Waals surface area contributed by atoms with E-state index in [2.05, 4.69) is 36.3 Å². The molecule has 3 aromatic rings. The standard InChI is InChI=1S/C31H34FN6O2.C6H11NO2/c1-6-21(4)38-14-11-23(18-27(38)20(2)3)40-28-10-7-22(17-24(28)32)36-31-29-25(34-19-35-31)8-9-26(30(29)39-5)37-15-12-33-13-16-37;1-7(2)5-3-4-6(8)9/h6-11,14-15,17-19,33H,12-13,16H2,1-5H3,(H,34,35,36);3-4H,5H2,1-2H3,(H,8,9)/q+1;/b21-6-;4-3+. The van der Waals surface area contributed by atoms with Crippen LogP contribution < -0.4 is 20.1 Å². The first-order valence-electron chi connectivity index (χ1n) is 15.9. The largest absolute Gasteiger partial charge is 0.490 e. The molecule has 0 saturated heterocycles. The Hall–Kier alpha value is -5.33. The topological polar surface area (TPSA) is 115 Å². The maximum Gasteiger partial charge on any atom is 0.328 e. The zero-order valence-electron chi connectivity index (χ0n) is 29.1. The van der Waals surface area contributed by atoms with Crippen molar-refractivity contribution in [3.8, 4) is 11.5 Å². The van der Waals surface area contributed by atoms with Crippen LogP contribution in [0.15, 0.2) is 96.0 Å². The summed E-state index contributed by atoms with van der Waals surface area (Å²) >= 11 is 0. The maximum atomic E-state index is 15.3. The average molecular weight is 671 g/mol. The highest BCUT2D eigenvalue weighted by Crippen LogP contribution is 2.39. The van der Waals surface area contributed by atoms with Crippen LogP contribution in [0.2, 0.25) is 0 Å². The molecule has 11 nitrogen and oxygen atoms in total. The summed E-state index contributed by atoms with van der Waals surface area (Å²) < 4.78 is 29.2. The summed E-state index contributed by atoms with van der Waals surface area (Å²) in [5.41, 5.74) is 5.39. The Kier molecular flexibility index (Phi) is 12.8. The summed E-state index contributed by atoms with van der Waals surface area (Å²) in [7, 11) is 5.40. The Balaban J connectivity index is 0.000000529. The van der Waals surface area contributed by atoms with Gasteiger partial charge in [-0.1, -0.05) is 17.7 Å². The molecular formula is C37H45FN7O4+. The van der Waals surface area contributed by atoms with Gasteiger partial charge in [-0.05, 0) is 66.1 Å². The quantitative estimate of drug-likeness (QED) is 0.167. The third kappa shape index (κ3) is 9.62.